The van der Waals surface area contributed by atoms with E-state index in [1.807, 2.05) is 0 Å². The summed E-state index contributed by atoms with van der Waals surface area (Å²) in [5.74, 6) is -0.641. The molecule has 1 fully saturated rings. The van der Waals surface area contributed by atoms with Crippen molar-refractivity contribution in [2.75, 3.05) is 12.3 Å². The Labute approximate surface area is 129 Å². The number of aromatic nitrogens is 4. The SMILES string of the molecule is C=CC(=O)[C@@]1(n2cnc3c(N)ncnc32)O[C@H](CO)[C@@H](O)[C@H]1O. The molecule has 3 rings (SSSR count). The fraction of sp³-hybridized carbons (Fsp3) is 0.385. The van der Waals surface area contributed by atoms with Crippen molar-refractivity contribution in [3.05, 3.63) is 25.3 Å². The lowest BCUT2D eigenvalue weighted by atomic mass is 9.98. The standard InChI is InChI=1S/C13H15N5O5/c1-2-7(20)13(10(22)9(21)6(3-19)23-13)18-5-17-8-11(14)15-4-16-12(8)18/h2,4-6,9-10,19,21-22H,1,3H2,(H2,14,15,16)/t6-,9-,10-,13-/m1/s1. The molecule has 1 saturated heterocycles. The molecule has 0 amide bonds. The summed E-state index contributed by atoms with van der Waals surface area (Å²) in [6, 6.07) is 0. The second-order valence-electron chi connectivity index (χ2n) is 5.08. The van der Waals surface area contributed by atoms with Crippen molar-refractivity contribution >= 4 is 22.8 Å². The number of fused-ring (bicyclic) bond motifs is 1. The number of carbonyl (C=O) groups is 1. The molecule has 0 bridgehead atoms. The van der Waals surface area contributed by atoms with Gasteiger partial charge in [-0.2, -0.15) is 0 Å². The molecule has 10 nitrogen and oxygen atoms in total. The summed E-state index contributed by atoms with van der Waals surface area (Å²) in [7, 11) is 0. The lowest BCUT2D eigenvalue weighted by Crippen LogP contribution is -2.51. The van der Waals surface area contributed by atoms with Gasteiger partial charge in [-0.25, -0.2) is 15.0 Å². The summed E-state index contributed by atoms with van der Waals surface area (Å²) in [5.41, 5.74) is 4.01. The highest BCUT2D eigenvalue weighted by atomic mass is 16.6. The van der Waals surface area contributed by atoms with E-state index in [-0.39, 0.29) is 17.0 Å². The molecule has 23 heavy (non-hydrogen) atoms. The van der Waals surface area contributed by atoms with Crippen molar-refractivity contribution < 1.29 is 24.9 Å². The number of aliphatic hydroxyl groups is 3. The number of anilines is 1. The second kappa shape index (κ2) is 5.35. The van der Waals surface area contributed by atoms with Crippen LogP contribution in [-0.4, -0.2) is 65.5 Å². The van der Waals surface area contributed by atoms with Crippen LogP contribution in [0.25, 0.3) is 11.2 Å². The molecule has 0 saturated carbocycles. The van der Waals surface area contributed by atoms with E-state index in [4.69, 9.17) is 10.5 Å². The molecule has 10 heteroatoms. The first-order valence-electron chi connectivity index (χ1n) is 6.73. The van der Waals surface area contributed by atoms with Gasteiger partial charge in [0.2, 0.25) is 11.5 Å². The third-order valence-electron chi connectivity index (χ3n) is 3.87. The number of nitrogens with two attached hydrogens (primary N) is 1. The van der Waals surface area contributed by atoms with E-state index in [0.29, 0.717) is 0 Å². The Morgan fingerprint density at radius 2 is 2.22 bits per heavy atom. The van der Waals surface area contributed by atoms with Crippen molar-refractivity contribution in [3.63, 3.8) is 0 Å². The summed E-state index contributed by atoms with van der Waals surface area (Å²) >= 11 is 0. The summed E-state index contributed by atoms with van der Waals surface area (Å²) < 4.78 is 6.68. The van der Waals surface area contributed by atoms with Gasteiger partial charge in [-0.1, -0.05) is 6.58 Å². The van der Waals surface area contributed by atoms with Crippen LogP contribution in [0, 0.1) is 0 Å². The zero-order chi connectivity index (χ0) is 16.8. The summed E-state index contributed by atoms with van der Waals surface area (Å²) in [6.45, 7) is 2.80. The second-order valence-corrected chi connectivity index (χ2v) is 5.08. The number of nitrogens with zero attached hydrogens (tertiary/aromatic N) is 4. The maximum atomic E-state index is 12.5. The van der Waals surface area contributed by atoms with Crippen LogP contribution >= 0.6 is 0 Å². The van der Waals surface area contributed by atoms with Crippen molar-refractivity contribution in [3.8, 4) is 0 Å². The molecule has 0 aliphatic carbocycles. The number of nitrogen functional groups attached to an aromatic ring is 1. The fourth-order valence-electron chi connectivity index (χ4n) is 2.71. The molecule has 0 aromatic carbocycles. The Kier molecular flexibility index (Phi) is 3.60. The highest BCUT2D eigenvalue weighted by Gasteiger charge is 2.59. The van der Waals surface area contributed by atoms with Gasteiger partial charge in [0.15, 0.2) is 11.5 Å². The van der Waals surface area contributed by atoms with E-state index in [1.54, 1.807) is 0 Å². The lowest BCUT2D eigenvalue weighted by molar-refractivity contribution is -0.168. The average Bonchev–Trinajstić information content (AvgIpc) is 3.09. The van der Waals surface area contributed by atoms with Gasteiger partial charge in [0.05, 0.1) is 6.61 Å². The third-order valence-corrected chi connectivity index (χ3v) is 3.87. The van der Waals surface area contributed by atoms with E-state index < -0.39 is 36.4 Å². The number of ether oxygens (including phenoxy) is 1. The number of ketones is 1. The first-order chi connectivity index (χ1) is 11.0. The van der Waals surface area contributed by atoms with Crippen LogP contribution in [0.4, 0.5) is 5.82 Å². The highest BCUT2D eigenvalue weighted by molar-refractivity contribution is 5.97. The molecule has 122 valence electrons. The molecule has 2 aromatic rings. The number of hydrogen-bond donors (Lipinski definition) is 4. The molecule has 2 aromatic heterocycles. The van der Waals surface area contributed by atoms with Crippen LogP contribution in [-0.2, 0) is 15.3 Å². The molecule has 0 unspecified atom stereocenters. The zero-order valence-electron chi connectivity index (χ0n) is 11.9. The molecular weight excluding hydrogens is 306 g/mol. The van der Waals surface area contributed by atoms with Gasteiger partial charge in [-0.05, 0) is 6.08 Å². The van der Waals surface area contributed by atoms with Gasteiger partial charge in [-0.3, -0.25) is 9.36 Å². The van der Waals surface area contributed by atoms with Crippen LogP contribution in [0.3, 0.4) is 0 Å². The number of carbonyl (C=O) groups excluding carboxylic acids is 1. The molecular formula is C13H15N5O5. The number of rotatable bonds is 4. The van der Waals surface area contributed by atoms with Gasteiger partial charge in [0, 0.05) is 0 Å². The van der Waals surface area contributed by atoms with E-state index in [0.717, 1.165) is 10.6 Å². The minimum atomic E-state index is -2.05. The monoisotopic (exact) mass is 321 g/mol. The first-order valence-corrected chi connectivity index (χ1v) is 6.73. The summed E-state index contributed by atoms with van der Waals surface area (Å²) in [5, 5.41) is 29.8. The largest absolute Gasteiger partial charge is 0.394 e. The number of aliphatic hydroxyl groups excluding tert-OH is 3. The van der Waals surface area contributed by atoms with Crippen molar-refractivity contribution in [2.24, 2.45) is 0 Å². The normalized spacial score (nSPS) is 30.7. The van der Waals surface area contributed by atoms with Crippen molar-refractivity contribution in [1.82, 2.24) is 19.5 Å². The molecule has 5 N–H and O–H groups in total. The van der Waals surface area contributed by atoms with Gasteiger partial charge >= 0.3 is 0 Å². The Bertz CT molecular complexity index is 777. The van der Waals surface area contributed by atoms with Crippen molar-refractivity contribution in [2.45, 2.75) is 24.0 Å². The minimum absolute atomic E-state index is 0.0849. The third kappa shape index (κ3) is 1.96. The molecule has 3 heterocycles. The predicted octanol–water partition coefficient (Wildman–Crippen LogP) is -2.07. The molecule has 0 radical (unpaired) electrons. The van der Waals surface area contributed by atoms with Crippen LogP contribution in [0.15, 0.2) is 25.3 Å². The Balaban J connectivity index is 2.27. The van der Waals surface area contributed by atoms with Crippen LogP contribution < -0.4 is 5.73 Å². The predicted molar refractivity (Wildman–Crippen MR) is 76.9 cm³/mol. The molecule has 1 aliphatic rings. The van der Waals surface area contributed by atoms with E-state index in [1.165, 1.54) is 12.7 Å². The maximum Gasteiger partial charge on any atom is 0.240 e. The zero-order valence-corrected chi connectivity index (χ0v) is 11.9. The van der Waals surface area contributed by atoms with Crippen LogP contribution in [0.5, 0.6) is 0 Å². The van der Waals surface area contributed by atoms with E-state index in [9.17, 15) is 20.1 Å². The molecule has 4 atom stereocenters. The van der Waals surface area contributed by atoms with Crippen LogP contribution in [0.1, 0.15) is 0 Å². The van der Waals surface area contributed by atoms with Crippen LogP contribution in [0.2, 0.25) is 0 Å². The number of hydrogen-bond acceptors (Lipinski definition) is 9. The Hall–Kier alpha value is -2.40. The summed E-state index contributed by atoms with van der Waals surface area (Å²) in [6.07, 6.45) is -0.993. The van der Waals surface area contributed by atoms with Gasteiger partial charge in [0.25, 0.3) is 0 Å². The first kappa shape index (κ1) is 15.5. The molecule has 0 spiro atoms. The Morgan fingerprint density at radius 1 is 1.48 bits per heavy atom. The van der Waals surface area contributed by atoms with Gasteiger partial charge < -0.3 is 25.8 Å². The lowest BCUT2D eigenvalue weighted by Gasteiger charge is -2.30. The van der Waals surface area contributed by atoms with E-state index >= 15 is 0 Å². The quantitative estimate of drug-likeness (QED) is 0.464. The smallest absolute Gasteiger partial charge is 0.240 e. The fourth-order valence-corrected chi connectivity index (χ4v) is 2.71. The van der Waals surface area contributed by atoms with E-state index in [2.05, 4.69) is 21.5 Å². The number of imidazole rings is 1. The minimum Gasteiger partial charge on any atom is -0.394 e. The molecule has 1 aliphatic heterocycles. The van der Waals surface area contributed by atoms with Crippen molar-refractivity contribution in [1.29, 1.82) is 0 Å². The van der Waals surface area contributed by atoms with Gasteiger partial charge in [0.1, 0.15) is 36.5 Å². The average molecular weight is 321 g/mol. The summed E-state index contributed by atoms with van der Waals surface area (Å²) in [4.78, 5) is 24.3. The van der Waals surface area contributed by atoms with Gasteiger partial charge in [-0.15, -0.1) is 0 Å². The topological polar surface area (TPSA) is 157 Å². The Morgan fingerprint density at radius 3 is 2.83 bits per heavy atom. The maximum absolute atomic E-state index is 12.5. The highest BCUT2D eigenvalue weighted by Crippen LogP contribution is 2.38.